The molecular weight excluding hydrogens is 396 g/mol. The Morgan fingerprint density at radius 3 is 1.34 bits per heavy atom. The molecule has 3 heteroatoms. The first kappa shape index (κ1) is 20.2. The lowest BCUT2D eigenvalue weighted by molar-refractivity contribution is 0.413. The highest BCUT2D eigenvalue weighted by Crippen LogP contribution is 2.55. The molecule has 0 saturated carbocycles. The zero-order valence-corrected chi connectivity index (χ0v) is 18.8. The summed E-state index contributed by atoms with van der Waals surface area (Å²) in [5, 5.41) is 0. The van der Waals surface area contributed by atoms with Gasteiger partial charge < -0.3 is 14.2 Å². The molecule has 0 spiro atoms. The third-order valence-electron chi connectivity index (χ3n) is 6.34. The average molecular weight is 423 g/mol. The molecular formula is C29H26O3. The lowest BCUT2D eigenvalue weighted by atomic mass is 9.63. The van der Waals surface area contributed by atoms with E-state index in [1.807, 2.05) is 24.3 Å². The summed E-state index contributed by atoms with van der Waals surface area (Å²) < 4.78 is 17.3. The molecule has 0 N–H and O–H groups in total. The first-order valence-electron chi connectivity index (χ1n) is 10.8. The number of ether oxygens (including phenoxy) is 3. The molecule has 1 heterocycles. The standard InChI is InChI=1S/C29H26O3/c1-19-5-15-27-25(17-19)29(21-7-11-23(30-3)12-8-21,22-9-13-24(31-4)14-10-22)26-18-20(2)6-16-28(26)32-27/h5-18H,1-4H3. The van der Waals surface area contributed by atoms with Crippen molar-refractivity contribution in [2.45, 2.75) is 19.3 Å². The van der Waals surface area contributed by atoms with Gasteiger partial charge in [0.25, 0.3) is 0 Å². The Balaban J connectivity index is 1.92. The van der Waals surface area contributed by atoms with Crippen LogP contribution in [0.4, 0.5) is 0 Å². The normalized spacial score (nSPS) is 13.5. The second-order valence-electron chi connectivity index (χ2n) is 8.31. The van der Waals surface area contributed by atoms with Crippen LogP contribution in [0.5, 0.6) is 23.0 Å². The van der Waals surface area contributed by atoms with Crippen molar-refractivity contribution in [2.24, 2.45) is 0 Å². The van der Waals surface area contributed by atoms with E-state index in [0.717, 1.165) is 45.3 Å². The van der Waals surface area contributed by atoms with E-state index in [1.54, 1.807) is 14.2 Å². The number of benzene rings is 4. The molecule has 0 fully saturated rings. The summed E-state index contributed by atoms with van der Waals surface area (Å²) in [5.74, 6) is 3.41. The fourth-order valence-electron chi connectivity index (χ4n) is 4.79. The fraction of sp³-hybridized carbons (Fsp3) is 0.172. The van der Waals surface area contributed by atoms with Gasteiger partial charge in [0, 0.05) is 11.1 Å². The van der Waals surface area contributed by atoms with E-state index < -0.39 is 5.41 Å². The molecule has 0 aromatic heterocycles. The second kappa shape index (κ2) is 7.76. The Bertz CT molecular complexity index is 1170. The van der Waals surface area contributed by atoms with Gasteiger partial charge in [-0.05, 0) is 61.4 Å². The van der Waals surface area contributed by atoms with Gasteiger partial charge in [-0.15, -0.1) is 0 Å². The van der Waals surface area contributed by atoms with E-state index in [-0.39, 0.29) is 0 Å². The third kappa shape index (κ3) is 3.04. The summed E-state index contributed by atoms with van der Waals surface area (Å²) in [6, 6.07) is 29.6. The van der Waals surface area contributed by atoms with Crippen LogP contribution in [0.1, 0.15) is 33.4 Å². The molecule has 1 aliphatic heterocycles. The second-order valence-corrected chi connectivity index (χ2v) is 8.31. The first-order valence-corrected chi connectivity index (χ1v) is 10.8. The van der Waals surface area contributed by atoms with Gasteiger partial charge in [0.2, 0.25) is 0 Å². The number of rotatable bonds is 4. The Labute approximate surface area is 189 Å². The van der Waals surface area contributed by atoms with Crippen molar-refractivity contribution < 1.29 is 14.2 Å². The molecule has 0 amide bonds. The van der Waals surface area contributed by atoms with Crippen LogP contribution in [0.3, 0.4) is 0 Å². The van der Waals surface area contributed by atoms with Crippen LogP contribution in [-0.4, -0.2) is 14.2 Å². The first-order chi connectivity index (χ1) is 15.6. The van der Waals surface area contributed by atoms with Gasteiger partial charge in [0.05, 0.1) is 19.6 Å². The molecule has 1 aliphatic rings. The highest BCUT2D eigenvalue weighted by atomic mass is 16.5. The minimum atomic E-state index is -0.542. The highest BCUT2D eigenvalue weighted by molar-refractivity contribution is 5.70. The molecule has 0 aliphatic carbocycles. The lowest BCUT2D eigenvalue weighted by Crippen LogP contribution is -2.34. The van der Waals surface area contributed by atoms with Gasteiger partial charge in [-0.25, -0.2) is 0 Å². The van der Waals surface area contributed by atoms with Crippen LogP contribution in [-0.2, 0) is 5.41 Å². The Morgan fingerprint density at radius 2 is 0.969 bits per heavy atom. The van der Waals surface area contributed by atoms with Crippen molar-refractivity contribution in [3.05, 3.63) is 118 Å². The Morgan fingerprint density at radius 1 is 0.562 bits per heavy atom. The van der Waals surface area contributed by atoms with E-state index >= 15 is 0 Å². The average Bonchev–Trinajstić information content (AvgIpc) is 2.83. The van der Waals surface area contributed by atoms with E-state index in [2.05, 4.69) is 74.5 Å². The summed E-state index contributed by atoms with van der Waals surface area (Å²) >= 11 is 0. The number of aryl methyl sites for hydroxylation is 2. The van der Waals surface area contributed by atoms with Crippen molar-refractivity contribution in [1.82, 2.24) is 0 Å². The van der Waals surface area contributed by atoms with Crippen molar-refractivity contribution in [1.29, 1.82) is 0 Å². The number of fused-ring (bicyclic) bond motifs is 2. The molecule has 32 heavy (non-hydrogen) atoms. The van der Waals surface area contributed by atoms with Gasteiger partial charge in [0.15, 0.2) is 0 Å². The smallest absolute Gasteiger partial charge is 0.132 e. The quantitative estimate of drug-likeness (QED) is 0.318. The SMILES string of the molecule is COc1ccc(C2(c3ccc(OC)cc3)c3cc(C)ccc3Oc3ccc(C)cc32)cc1. The van der Waals surface area contributed by atoms with Crippen LogP contribution in [0.15, 0.2) is 84.9 Å². The van der Waals surface area contributed by atoms with Gasteiger partial charge in [0.1, 0.15) is 23.0 Å². The number of hydrogen-bond acceptors (Lipinski definition) is 3. The molecule has 0 atom stereocenters. The largest absolute Gasteiger partial charge is 0.497 e. The number of methoxy groups -OCH3 is 2. The predicted octanol–water partition coefficient (Wildman–Crippen LogP) is 6.81. The van der Waals surface area contributed by atoms with E-state index in [4.69, 9.17) is 14.2 Å². The summed E-state index contributed by atoms with van der Waals surface area (Å²) in [6.45, 7) is 4.25. The highest BCUT2D eigenvalue weighted by Gasteiger charge is 2.45. The molecule has 0 saturated heterocycles. The molecule has 0 radical (unpaired) electrons. The van der Waals surface area contributed by atoms with E-state index in [1.165, 1.54) is 11.1 Å². The summed E-state index contributed by atoms with van der Waals surface area (Å²) in [7, 11) is 3.39. The Hall–Kier alpha value is -3.72. The Kier molecular flexibility index (Phi) is 4.90. The van der Waals surface area contributed by atoms with Crippen molar-refractivity contribution >= 4 is 0 Å². The zero-order valence-electron chi connectivity index (χ0n) is 18.8. The van der Waals surface area contributed by atoms with Crippen molar-refractivity contribution in [3.8, 4) is 23.0 Å². The van der Waals surface area contributed by atoms with Crippen LogP contribution < -0.4 is 14.2 Å². The maximum atomic E-state index is 6.43. The number of hydrogen-bond donors (Lipinski definition) is 0. The molecule has 4 aromatic rings. The third-order valence-corrected chi connectivity index (χ3v) is 6.34. The minimum Gasteiger partial charge on any atom is -0.497 e. The molecule has 0 unspecified atom stereocenters. The van der Waals surface area contributed by atoms with E-state index in [0.29, 0.717) is 0 Å². The van der Waals surface area contributed by atoms with Gasteiger partial charge in [-0.2, -0.15) is 0 Å². The van der Waals surface area contributed by atoms with Crippen LogP contribution >= 0.6 is 0 Å². The van der Waals surface area contributed by atoms with Gasteiger partial charge in [-0.3, -0.25) is 0 Å². The van der Waals surface area contributed by atoms with Crippen LogP contribution in [0.2, 0.25) is 0 Å². The summed E-state index contributed by atoms with van der Waals surface area (Å²) in [5.41, 5.74) is 6.41. The molecule has 0 bridgehead atoms. The van der Waals surface area contributed by atoms with E-state index in [9.17, 15) is 0 Å². The topological polar surface area (TPSA) is 27.7 Å². The van der Waals surface area contributed by atoms with Crippen molar-refractivity contribution in [2.75, 3.05) is 14.2 Å². The molecule has 160 valence electrons. The minimum absolute atomic E-state index is 0.542. The van der Waals surface area contributed by atoms with Crippen LogP contribution in [0.25, 0.3) is 0 Å². The van der Waals surface area contributed by atoms with Crippen molar-refractivity contribution in [3.63, 3.8) is 0 Å². The maximum Gasteiger partial charge on any atom is 0.132 e. The molecule has 4 aromatic carbocycles. The van der Waals surface area contributed by atoms with Gasteiger partial charge >= 0.3 is 0 Å². The molecule has 3 nitrogen and oxygen atoms in total. The van der Waals surface area contributed by atoms with Gasteiger partial charge in [-0.1, -0.05) is 59.7 Å². The lowest BCUT2D eigenvalue weighted by Gasteiger charge is -2.42. The fourth-order valence-corrected chi connectivity index (χ4v) is 4.79. The molecule has 5 rings (SSSR count). The monoisotopic (exact) mass is 422 g/mol. The summed E-state index contributed by atoms with van der Waals surface area (Å²) in [6.07, 6.45) is 0. The van der Waals surface area contributed by atoms with Crippen LogP contribution in [0, 0.1) is 13.8 Å². The maximum absolute atomic E-state index is 6.43. The zero-order chi connectivity index (χ0) is 22.3. The predicted molar refractivity (Wildman–Crippen MR) is 127 cm³/mol. The summed E-state index contributed by atoms with van der Waals surface area (Å²) in [4.78, 5) is 0.